The van der Waals surface area contributed by atoms with E-state index in [1.54, 1.807) is 44.0 Å². The predicted octanol–water partition coefficient (Wildman–Crippen LogP) is 3.51. The van der Waals surface area contributed by atoms with Crippen LogP contribution in [0.5, 0.6) is 5.75 Å². The van der Waals surface area contributed by atoms with E-state index in [2.05, 4.69) is 9.97 Å². The van der Waals surface area contributed by atoms with Gasteiger partial charge in [-0.25, -0.2) is 4.39 Å². The van der Waals surface area contributed by atoms with Crippen molar-refractivity contribution in [2.45, 2.75) is 24.2 Å². The van der Waals surface area contributed by atoms with Crippen molar-refractivity contribution in [2.24, 2.45) is 0 Å². The fourth-order valence-corrected chi connectivity index (χ4v) is 4.16. The van der Waals surface area contributed by atoms with E-state index in [4.69, 9.17) is 4.74 Å². The average Bonchev–Trinajstić information content (AvgIpc) is 3.20. The Morgan fingerprint density at radius 2 is 1.79 bits per heavy atom. The maximum absolute atomic E-state index is 14.2. The SMILES string of the molecule is COc1cccc(C(N2CC[C@H](F)C2)C(O)(c2cccnc2)c2cccnc2)c1. The third-order valence-electron chi connectivity index (χ3n) is 5.54. The number of halogens is 1. The van der Waals surface area contributed by atoms with Crippen molar-refractivity contribution in [1.82, 2.24) is 14.9 Å². The topological polar surface area (TPSA) is 58.5 Å². The highest BCUT2D eigenvalue weighted by atomic mass is 19.1. The summed E-state index contributed by atoms with van der Waals surface area (Å²) in [7, 11) is 1.61. The number of likely N-dealkylation sites (tertiary alicyclic amines) is 1. The molecule has 5 nitrogen and oxygen atoms in total. The molecule has 0 saturated carbocycles. The number of benzene rings is 1. The molecule has 1 saturated heterocycles. The number of pyridine rings is 2. The standard InChI is InChI=1S/C23H24FN3O2/c1-29-21-8-2-5-17(13-21)22(27-12-9-20(24)16-27)23(28,18-6-3-10-25-14-18)19-7-4-11-26-15-19/h2-8,10-11,13-15,20,22,28H,9,12,16H2,1H3/t20-,22?/m0/s1. The Balaban J connectivity index is 1.93. The molecule has 2 aromatic heterocycles. The van der Waals surface area contributed by atoms with Gasteiger partial charge in [-0.2, -0.15) is 0 Å². The molecular formula is C23H24FN3O2. The fourth-order valence-electron chi connectivity index (χ4n) is 4.16. The molecule has 2 atom stereocenters. The molecule has 0 bridgehead atoms. The molecule has 3 heterocycles. The zero-order valence-electron chi connectivity index (χ0n) is 16.3. The van der Waals surface area contributed by atoms with Gasteiger partial charge in [0.05, 0.1) is 13.2 Å². The van der Waals surface area contributed by atoms with Gasteiger partial charge in [0.2, 0.25) is 0 Å². The van der Waals surface area contributed by atoms with Gasteiger partial charge >= 0.3 is 0 Å². The van der Waals surface area contributed by atoms with Gasteiger partial charge < -0.3 is 9.84 Å². The zero-order chi connectivity index (χ0) is 20.3. The lowest BCUT2D eigenvalue weighted by molar-refractivity contribution is -0.0171. The molecule has 29 heavy (non-hydrogen) atoms. The Kier molecular flexibility index (Phi) is 5.56. The van der Waals surface area contributed by atoms with Crippen LogP contribution in [-0.4, -0.2) is 46.3 Å². The molecule has 1 aliphatic heterocycles. The lowest BCUT2D eigenvalue weighted by Crippen LogP contribution is -2.44. The molecule has 1 fully saturated rings. The summed E-state index contributed by atoms with van der Waals surface area (Å²) in [6.07, 6.45) is 6.17. The Hall–Kier alpha value is -2.83. The smallest absolute Gasteiger partial charge is 0.137 e. The van der Waals surface area contributed by atoms with Crippen molar-refractivity contribution >= 4 is 0 Å². The van der Waals surface area contributed by atoms with E-state index in [1.807, 2.05) is 41.3 Å². The van der Waals surface area contributed by atoms with Crippen LogP contribution in [0, 0.1) is 0 Å². The summed E-state index contributed by atoms with van der Waals surface area (Å²) in [4.78, 5) is 10.5. The number of aliphatic hydroxyl groups is 1. The molecule has 1 aliphatic rings. The number of rotatable bonds is 6. The minimum absolute atomic E-state index is 0.255. The Labute approximate surface area is 169 Å². The van der Waals surface area contributed by atoms with Crippen molar-refractivity contribution in [3.63, 3.8) is 0 Å². The van der Waals surface area contributed by atoms with E-state index >= 15 is 0 Å². The molecule has 0 radical (unpaired) electrons. The molecular weight excluding hydrogens is 369 g/mol. The maximum atomic E-state index is 14.2. The Morgan fingerprint density at radius 1 is 1.10 bits per heavy atom. The fraction of sp³-hybridized carbons (Fsp3) is 0.304. The van der Waals surface area contributed by atoms with Crippen molar-refractivity contribution in [3.8, 4) is 5.75 Å². The number of nitrogens with zero attached hydrogens (tertiary/aromatic N) is 3. The van der Waals surface area contributed by atoms with Gasteiger partial charge in [-0.3, -0.25) is 14.9 Å². The number of methoxy groups -OCH3 is 1. The first-order chi connectivity index (χ1) is 14.1. The van der Waals surface area contributed by atoms with Crippen LogP contribution in [0.3, 0.4) is 0 Å². The maximum Gasteiger partial charge on any atom is 0.137 e. The zero-order valence-corrected chi connectivity index (χ0v) is 16.3. The highest BCUT2D eigenvalue weighted by Crippen LogP contribution is 2.46. The Bertz CT molecular complexity index is 900. The number of hydrogen-bond donors (Lipinski definition) is 1. The van der Waals surface area contributed by atoms with E-state index in [-0.39, 0.29) is 6.54 Å². The molecule has 0 aliphatic carbocycles. The molecule has 6 heteroatoms. The Morgan fingerprint density at radius 3 is 2.31 bits per heavy atom. The van der Waals surface area contributed by atoms with Gasteiger partial charge in [-0.1, -0.05) is 24.3 Å². The second-order valence-electron chi connectivity index (χ2n) is 7.31. The van der Waals surface area contributed by atoms with Crippen LogP contribution in [0.4, 0.5) is 4.39 Å². The largest absolute Gasteiger partial charge is 0.497 e. The molecule has 1 unspecified atom stereocenters. The van der Waals surface area contributed by atoms with Gasteiger partial charge in [-0.15, -0.1) is 0 Å². The summed E-state index contributed by atoms with van der Waals surface area (Å²) in [6, 6.07) is 14.3. The van der Waals surface area contributed by atoms with Gasteiger partial charge in [0.25, 0.3) is 0 Å². The minimum atomic E-state index is -1.47. The van der Waals surface area contributed by atoms with Crippen LogP contribution in [0.2, 0.25) is 0 Å². The normalized spacial score (nSPS) is 18.5. The highest BCUT2D eigenvalue weighted by molar-refractivity contribution is 5.41. The van der Waals surface area contributed by atoms with E-state index in [0.717, 1.165) is 5.56 Å². The second-order valence-corrected chi connectivity index (χ2v) is 7.31. The van der Waals surface area contributed by atoms with Crippen LogP contribution in [0.1, 0.15) is 29.2 Å². The van der Waals surface area contributed by atoms with Gasteiger partial charge in [-0.05, 0) is 36.2 Å². The molecule has 3 aromatic rings. The van der Waals surface area contributed by atoms with Crippen LogP contribution >= 0.6 is 0 Å². The summed E-state index contributed by atoms with van der Waals surface area (Å²) in [5.41, 5.74) is 0.624. The number of alkyl halides is 1. The predicted molar refractivity (Wildman–Crippen MR) is 108 cm³/mol. The third kappa shape index (κ3) is 3.73. The van der Waals surface area contributed by atoms with E-state index < -0.39 is 17.8 Å². The monoisotopic (exact) mass is 393 g/mol. The molecule has 1 aromatic carbocycles. The molecule has 0 amide bonds. The first-order valence-electron chi connectivity index (χ1n) is 9.68. The first kappa shape index (κ1) is 19.5. The minimum Gasteiger partial charge on any atom is -0.497 e. The highest BCUT2D eigenvalue weighted by Gasteiger charge is 2.46. The van der Waals surface area contributed by atoms with Gasteiger partial charge in [0, 0.05) is 49.0 Å². The van der Waals surface area contributed by atoms with E-state index in [9.17, 15) is 9.50 Å². The summed E-state index contributed by atoms with van der Waals surface area (Å²) in [6.45, 7) is 0.802. The van der Waals surface area contributed by atoms with Crippen LogP contribution in [-0.2, 0) is 5.60 Å². The van der Waals surface area contributed by atoms with Crippen LogP contribution in [0.25, 0.3) is 0 Å². The third-order valence-corrected chi connectivity index (χ3v) is 5.54. The summed E-state index contributed by atoms with van der Waals surface area (Å²) in [5.74, 6) is 0.684. The van der Waals surface area contributed by atoms with Crippen LogP contribution in [0.15, 0.2) is 73.3 Å². The van der Waals surface area contributed by atoms with Gasteiger partial charge in [0.1, 0.15) is 17.5 Å². The number of hydrogen-bond acceptors (Lipinski definition) is 5. The number of ether oxygens (including phenoxy) is 1. The summed E-state index contributed by atoms with van der Waals surface area (Å²) < 4.78 is 19.6. The first-order valence-corrected chi connectivity index (χ1v) is 9.68. The van der Waals surface area contributed by atoms with Crippen molar-refractivity contribution in [1.29, 1.82) is 0 Å². The lowest BCUT2D eigenvalue weighted by atomic mass is 9.77. The molecule has 1 N–H and O–H groups in total. The van der Waals surface area contributed by atoms with Crippen molar-refractivity contribution in [3.05, 3.63) is 90.0 Å². The van der Waals surface area contributed by atoms with E-state index in [0.29, 0.717) is 29.8 Å². The van der Waals surface area contributed by atoms with Crippen LogP contribution < -0.4 is 4.74 Å². The quantitative estimate of drug-likeness (QED) is 0.695. The van der Waals surface area contributed by atoms with Crippen molar-refractivity contribution in [2.75, 3.05) is 20.2 Å². The average molecular weight is 393 g/mol. The molecule has 4 rings (SSSR count). The number of aromatic nitrogens is 2. The molecule has 0 spiro atoms. The molecule has 150 valence electrons. The van der Waals surface area contributed by atoms with Crippen molar-refractivity contribution < 1.29 is 14.2 Å². The summed E-state index contributed by atoms with van der Waals surface area (Å²) >= 11 is 0. The van der Waals surface area contributed by atoms with Gasteiger partial charge in [0.15, 0.2) is 0 Å². The second kappa shape index (κ2) is 8.27. The summed E-state index contributed by atoms with van der Waals surface area (Å²) in [5, 5.41) is 12.3. The lowest BCUT2D eigenvalue weighted by Gasteiger charge is -2.42. The van der Waals surface area contributed by atoms with E-state index in [1.165, 1.54) is 0 Å².